The Hall–Kier alpha value is -4.17. The van der Waals surface area contributed by atoms with Crippen LogP contribution < -0.4 is 19.5 Å². The number of nitrogens with one attached hydrogen (secondary N) is 1. The van der Waals surface area contributed by atoms with Gasteiger partial charge in [-0.25, -0.2) is 4.79 Å². The maximum atomic E-state index is 13.8. The van der Waals surface area contributed by atoms with E-state index >= 15 is 0 Å². The van der Waals surface area contributed by atoms with Crippen LogP contribution in [-0.2, 0) is 9.53 Å². The van der Waals surface area contributed by atoms with Gasteiger partial charge in [-0.15, -0.1) is 0 Å². The molecule has 1 N–H and O–H groups in total. The summed E-state index contributed by atoms with van der Waals surface area (Å²) in [5, 5.41) is 5.00. The van der Waals surface area contributed by atoms with Crippen molar-refractivity contribution >= 4 is 34.4 Å². The van der Waals surface area contributed by atoms with Gasteiger partial charge in [0.15, 0.2) is 17.6 Å². The van der Waals surface area contributed by atoms with Gasteiger partial charge in [-0.1, -0.05) is 54.6 Å². The van der Waals surface area contributed by atoms with Gasteiger partial charge in [-0.3, -0.25) is 4.79 Å². The summed E-state index contributed by atoms with van der Waals surface area (Å²) >= 11 is 1.61. The van der Waals surface area contributed by atoms with Crippen LogP contribution in [0.15, 0.2) is 84.9 Å². The third kappa shape index (κ3) is 6.99. The maximum absolute atomic E-state index is 13.8. The molecule has 218 valence electrons. The zero-order chi connectivity index (χ0) is 29.5. The van der Waals surface area contributed by atoms with Crippen molar-refractivity contribution in [2.24, 2.45) is 0 Å². The molecule has 0 bridgehead atoms. The Morgan fingerprint density at radius 1 is 0.952 bits per heavy atom. The van der Waals surface area contributed by atoms with Crippen LogP contribution in [0.1, 0.15) is 30.6 Å². The molecule has 1 heterocycles. The predicted molar refractivity (Wildman–Crippen MR) is 167 cm³/mol. The van der Waals surface area contributed by atoms with Crippen molar-refractivity contribution in [1.82, 2.24) is 5.32 Å². The lowest BCUT2D eigenvalue weighted by molar-refractivity contribution is -0.149. The second-order valence-electron chi connectivity index (χ2n) is 10.3. The minimum absolute atomic E-state index is 0.270. The number of carbonyl (C=O) groups excluding carboxylic acids is 2. The number of hydrogen-bond acceptors (Lipinski definition) is 7. The molecule has 42 heavy (non-hydrogen) atoms. The number of fused-ring (bicyclic) bond motifs is 2. The molecule has 8 heteroatoms. The van der Waals surface area contributed by atoms with E-state index in [0.717, 1.165) is 22.1 Å². The number of rotatable bonds is 11. The van der Waals surface area contributed by atoms with Crippen LogP contribution in [0, 0.1) is 0 Å². The summed E-state index contributed by atoms with van der Waals surface area (Å²) in [6.45, 7) is 4.24. The summed E-state index contributed by atoms with van der Waals surface area (Å²) < 4.78 is 23.5. The zero-order valence-corrected chi connectivity index (χ0v) is 24.8. The van der Waals surface area contributed by atoms with Crippen molar-refractivity contribution in [2.75, 3.05) is 25.2 Å². The third-order valence-electron chi connectivity index (χ3n) is 6.87. The van der Waals surface area contributed by atoms with Gasteiger partial charge in [0.1, 0.15) is 25.0 Å². The summed E-state index contributed by atoms with van der Waals surface area (Å²) in [7, 11) is 0. The van der Waals surface area contributed by atoms with Gasteiger partial charge in [0.05, 0.1) is 6.10 Å². The molecule has 0 saturated carbocycles. The predicted octanol–water partition coefficient (Wildman–Crippen LogP) is 6.53. The van der Waals surface area contributed by atoms with Crippen LogP contribution in [0.5, 0.6) is 17.2 Å². The first-order valence-corrected chi connectivity index (χ1v) is 15.5. The van der Waals surface area contributed by atoms with Crippen LogP contribution in [0.25, 0.3) is 21.9 Å². The SMILES string of the molecule is CSCC[C@H](NC(=O)c1ccc(OCC2COc3ccccc3O2)cc1-c1cccc2ccccc12)C(=O)OC(C)C. The van der Waals surface area contributed by atoms with Crippen LogP contribution in [0.3, 0.4) is 0 Å². The van der Waals surface area contributed by atoms with Crippen molar-refractivity contribution in [3.8, 4) is 28.4 Å². The number of amides is 1. The highest BCUT2D eigenvalue weighted by Gasteiger charge is 2.26. The summed E-state index contributed by atoms with van der Waals surface area (Å²) in [6.07, 6.45) is 1.87. The lowest BCUT2D eigenvalue weighted by Crippen LogP contribution is -2.43. The fourth-order valence-corrected chi connectivity index (χ4v) is 5.34. The molecule has 0 fully saturated rings. The summed E-state index contributed by atoms with van der Waals surface area (Å²) in [6, 6.07) is 26.2. The van der Waals surface area contributed by atoms with Gasteiger partial charge >= 0.3 is 5.97 Å². The molecule has 4 aromatic rings. The van der Waals surface area contributed by atoms with Gasteiger partial charge in [-0.05, 0) is 84.5 Å². The second-order valence-corrected chi connectivity index (χ2v) is 11.3. The van der Waals surface area contributed by atoms with Crippen molar-refractivity contribution in [2.45, 2.75) is 38.5 Å². The van der Waals surface area contributed by atoms with E-state index in [1.165, 1.54) is 0 Å². The summed E-state index contributed by atoms with van der Waals surface area (Å²) in [4.78, 5) is 26.6. The van der Waals surface area contributed by atoms with E-state index in [4.69, 9.17) is 18.9 Å². The van der Waals surface area contributed by atoms with E-state index in [2.05, 4.69) is 5.32 Å². The highest BCUT2D eigenvalue weighted by molar-refractivity contribution is 7.98. The molecule has 1 unspecified atom stereocenters. The molecule has 5 rings (SSSR count). The number of ether oxygens (including phenoxy) is 4. The van der Waals surface area contributed by atoms with E-state index in [1.54, 1.807) is 37.7 Å². The molecule has 0 aromatic heterocycles. The summed E-state index contributed by atoms with van der Waals surface area (Å²) in [5.74, 6) is 1.92. The number of para-hydroxylation sites is 2. The van der Waals surface area contributed by atoms with Crippen LogP contribution in [0.2, 0.25) is 0 Å². The van der Waals surface area contributed by atoms with Gasteiger partial charge in [0, 0.05) is 5.56 Å². The average Bonchev–Trinajstić information content (AvgIpc) is 3.01. The molecular formula is C34H35NO6S. The third-order valence-corrected chi connectivity index (χ3v) is 7.52. The normalized spacial score (nSPS) is 14.8. The Labute approximate surface area is 250 Å². The molecule has 7 nitrogen and oxygen atoms in total. The number of carbonyl (C=O) groups is 2. The summed E-state index contributed by atoms with van der Waals surface area (Å²) in [5.41, 5.74) is 2.03. The van der Waals surface area contributed by atoms with Crippen molar-refractivity contribution in [3.63, 3.8) is 0 Å². The smallest absolute Gasteiger partial charge is 0.328 e. The van der Waals surface area contributed by atoms with Crippen LogP contribution in [0.4, 0.5) is 0 Å². The van der Waals surface area contributed by atoms with E-state index in [9.17, 15) is 9.59 Å². The molecule has 0 spiro atoms. The van der Waals surface area contributed by atoms with Crippen molar-refractivity contribution in [3.05, 3.63) is 90.5 Å². The van der Waals surface area contributed by atoms with Gasteiger partial charge in [0.25, 0.3) is 5.91 Å². The maximum Gasteiger partial charge on any atom is 0.328 e. The highest BCUT2D eigenvalue weighted by atomic mass is 32.2. The first-order chi connectivity index (χ1) is 20.4. The van der Waals surface area contributed by atoms with E-state index in [-0.39, 0.29) is 24.7 Å². The van der Waals surface area contributed by atoms with Crippen molar-refractivity contribution in [1.29, 1.82) is 0 Å². The number of hydrogen-bond donors (Lipinski definition) is 1. The van der Waals surface area contributed by atoms with Crippen LogP contribution in [-0.4, -0.2) is 55.3 Å². The Morgan fingerprint density at radius 2 is 1.71 bits per heavy atom. The topological polar surface area (TPSA) is 83.1 Å². The second kappa shape index (κ2) is 13.7. The Morgan fingerprint density at radius 3 is 2.52 bits per heavy atom. The molecule has 1 amide bonds. The van der Waals surface area contributed by atoms with E-state index in [1.807, 2.05) is 79.1 Å². The lowest BCUT2D eigenvalue weighted by Gasteiger charge is -2.26. The molecule has 1 aliphatic rings. The molecule has 0 radical (unpaired) electrons. The zero-order valence-electron chi connectivity index (χ0n) is 24.0. The van der Waals surface area contributed by atoms with Gasteiger partial charge in [0.2, 0.25) is 0 Å². The van der Waals surface area contributed by atoms with Crippen molar-refractivity contribution < 1.29 is 28.5 Å². The fraction of sp³-hybridized carbons (Fsp3) is 0.294. The molecule has 4 aromatic carbocycles. The first-order valence-electron chi connectivity index (χ1n) is 14.1. The lowest BCUT2D eigenvalue weighted by atomic mass is 9.94. The average molecular weight is 586 g/mol. The monoisotopic (exact) mass is 585 g/mol. The van der Waals surface area contributed by atoms with Crippen LogP contribution >= 0.6 is 11.8 Å². The first kappa shape index (κ1) is 29.3. The Kier molecular flexibility index (Phi) is 9.54. The van der Waals surface area contributed by atoms with Gasteiger partial charge in [-0.2, -0.15) is 11.8 Å². The molecular weight excluding hydrogens is 550 g/mol. The van der Waals surface area contributed by atoms with Gasteiger partial charge < -0.3 is 24.3 Å². The molecule has 0 saturated heterocycles. The van der Waals surface area contributed by atoms with E-state index in [0.29, 0.717) is 41.4 Å². The Bertz CT molecular complexity index is 1550. The highest BCUT2D eigenvalue weighted by Crippen LogP contribution is 2.35. The minimum Gasteiger partial charge on any atom is -0.490 e. The Balaban J connectivity index is 1.44. The molecule has 1 aliphatic heterocycles. The standard InChI is InChI=1S/C34H35NO6S/c1-22(2)40-34(37)30(17-18-42-3)35-33(36)28-16-15-24(38-20-25-21-39-31-13-6-7-14-32(31)41-25)19-29(28)27-12-8-10-23-9-4-5-11-26(23)27/h4-16,19,22,25,30H,17-18,20-21H2,1-3H3,(H,35,36)/t25?,30-/m0/s1. The minimum atomic E-state index is -0.755. The number of thioether (sulfide) groups is 1. The molecule has 2 atom stereocenters. The molecule has 0 aliphatic carbocycles. The number of benzene rings is 4. The quantitative estimate of drug-likeness (QED) is 0.201. The fourth-order valence-electron chi connectivity index (χ4n) is 4.86. The number of esters is 1. The largest absolute Gasteiger partial charge is 0.490 e. The van der Waals surface area contributed by atoms with E-state index < -0.39 is 12.0 Å².